The fourth-order valence-corrected chi connectivity index (χ4v) is 0.756. The predicted octanol–water partition coefficient (Wildman–Crippen LogP) is 1.91. The van der Waals surface area contributed by atoms with Gasteiger partial charge in [-0.1, -0.05) is 24.3 Å². The first-order chi connectivity index (χ1) is 5.91. The molecule has 0 bridgehead atoms. The molecule has 1 N–H and O–H groups in total. The van der Waals surface area contributed by atoms with E-state index in [4.69, 9.17) is 9.84 Å². The van der Waals surface area contributed by atoms with Gasteiger partial charge in [-0.2, -0.15) is 0 Å². The first kappa shape index (κ1) is 11.4. The van der Waals surface area contributed by atoms with E-state index in [1.807, 2.05) is 25.2 Å². The molecule has 0 saturated heterocycles. The van der Waals surface area contributed by atoms with E-state index >= 15 is 0 Å². The van der Waals surface area contributed by atoms with Crippen LogP contribution in [0.5, 0.6) is 0 Å². The van der Waals surface area contributed by atoms with E-state index in [0.717, 1.165) is 19.4 Å². The zero-order valence-electron chi connectivity index (χ0n) is 7.70. The predicted molar refractivity (Wildman–Crippen MR) is 51.1 cm³/mol. The molecule has 0 spiro atoms. The second kappa shape index (κ2) is 10.4. The van der Waals surface area contributed by atoms with E-state index in [9.17, 15) is 0 Å². The van der Waals surface area contributed by atoms with Crippen molar-refractivity contribution >= 4 is 0 Å². The molecule has 0 heterocycles. The van der Waals surface area contributed by atoms with Crippen molar-refractivity contribution in [2.45, 2.75) is 19.8 Å². The van der Waals surface area contributed by atoms with E-state index < -0.39 is 0 Å². The molecule has 2 heteroatoms. The maximum Gasteiger partial charge on any atom is 0.0697 e. The Hall–Kier alpha value is -0.600. The largest absolute Gasteiger partial charge is 0.394 e. The van der Waals surface area contributed by atoms with Gasteiger partial charge >= 0.3 is 0 Å². The van der Waals surface area contributed by atoms with Gasteiger partial charge in [0.15, 0.2) is 0 Å². The molecule has 2 nitrogen and oxygen atoms in total. The highest BCUT2D eigenvalue weighted by atomic mass is 16.5. The van der Waals surface area contributed by atoms with E-state index in [1.165, 1.54) is 0 Å². The zero-order chi connectivity index (χ0) is 9.07. The van der Waals surface area contributed by atoms with Crippen LogP contribution in [0.3, 0.4) is 0 Å². The summed E-state index contributed by atoms with van der Waals surface area (Å²) in [5.41, 5.74) is 0. The molecule has 70 valence electrons. The van der Waals surface area contributed by atoms with Crippen molar-refractivity contribution in [3.8, 4) is 0 Å². The van der Waals surface area contributed by atoms with E-state index in [2.05, 4.69) is 6.08 Å². The van der Waals surface area contributed by atoms with Gasteiger partial charge in [0.05, 0.1) is 13.2 Å². The zero-order valence-corrected chi connectivity index (χ0v) is 7.70. The molecule has 0 atom stereocenters. The van der Waals surface area contributed by atoms with E-state index in [-0.39, 0.29) is 6.61 Å². The Morgan fingerprint density at radius 2 is 2.08 bits per heavy atom. The molecule has 0 saturated carbocycles. The van der Waals surface area contributed by atoms with Crippen molar-refractivity contribution in [2.24, 2.45) is 0 Å². The molecule has 0 aromatic carbocycles. The molecular formula is C10H18O2. The number of hydrogen-bond donors (Lipinski definition) is 1. The van der Waals surface area contributed by atoms with Crippen LogP contribution in [0, 0.1) is 0 Å². The number of rotatable bonds is 7. The first-order valence-electron chi connectivity index (χ1n) is 4.38. The summed E-state index contributed by atoms with van der Waals surface area (Å²) < 4.78 is 5.09. The quantitative estimate of drug-likeness (QED) is 0.467. The number of hydrogen-bond acceptors (Lipinski definition) is 2. The number of allylic oxidation sites excluding steroid dienone is 4. The molecule has 12 heavy (non-hydrogen) atoms. The number of ether oxygens (including phenoxy) is 1. The van der Waals surface area contributed by atoms with Crippen molar-refractivity contribution in [3.05, 3.63) is 24.3 Å². The minimum Gasteiger partial charge on any atom is -0.394 e. The molecule has 0 rings (SSSR count). The fourth-order valence-electron chi connectivity index (χ4n) is 0.756. The lowest BCUT2D eigenvalue weighted by Crippen LogP contribution is -1.99. The normalized spacial score (nSPS) is 11.8. The highest BCUT2D eigenvalue weighted by Crippen LogP contribution is 1.92. The van der Waals surface area contributed by atoms with Crippen LogP contribution in [0.15, 0.2) is 24.3 Å². The summed E-state index contributed by atoms with van der Waals surface area (Å²) in [6, 6.07) is 0. The Labute approximate surface area is 74.6 Å². The molecule has 0 aliphatic carbocycles. The highest BCUT2D eigenvalue weighted by molar-refractivity contribution is 5.00. The third-order valence-corrected chi connectivity index (χ3v) is 1.33. The van der Waals surface area contributed by atoms with E-state index in [1.54, 1.807) is 0 Å². The summed E-state index contributed by atoms with van der Waals surface area (Å²) >= 11 is 0. The minimum atomic E-state index is 0.119. The van der Waals surface area contributed by atoms with Crippen molar-refractivity contribution in [1.29, 1.82) is 0 Å². The lowest BCUT2D eigenvalue weighted by atomic mass is 10.3. The van der Waals surface area contributed by atoms with Crippen LogP contribution < -0.4 is 0 Å². The van der Waals surface area contributed by atoms with Gasteiger partial charge in [0.1, 0.15) is 0 Å². The second-order valence-corrected chi connectivity index (χ2v) is 2.43. The summed E-state index contributed by atoms with van der Waals surface area (Å²) in [6.07, 6.45) is 10.2. The molecule has 0 aliphatic heterocycles. The Kier molecular flexibility index (Phi) is 9.88. The molecule has 0 aromatic rings. The Morgan fingerprint density at radius 3 is 2.75 bits per heavy atom. The average molecular weight is 170 g/mol. The van der Waals surface area contributed by atoms with Gasteiger partial charge in [0, 0.05) is 6.61 Å². The fraction of sp³-hybridized carbons (Fsp3) is 0.600. The molecule has 0 radical (unpaired) electrons. The van der Waals surface area contributed by atoms with Crippen LogP contribution in [0.25, 0.3) is 0 Å². The maximum atomic E-state index is 8.39. The molecule has 0 aliphatic rings. The Balaban J connectivity index is 3.00. The van der Waals surface area contributed by atoms with Crippen molar-refractivity contribution in [3.63, 3.8) is 0 Å². The van der Waals surface area contributed by atoms with Gasteiger partial charge in [-0.25, -0.2) is 0 Å². The van der Waals surface area contributed by atoms with Crippen LogP contribution in [-0.4, -0.2) is 24.9 Å². The summed E-state index contributed by atoms with van der Waals surface area (Å²) in [6.45, 7) is 3.31. The van der Waals surface area contributed by atoms with E-state index in [0.29, 0.717) is 6.61 Å². The standard InChI is InChI=1S/C10H18O2/c1-2-3-4-5-6-7-9-12-10-8-11/h2-5,11H,6-10H2,1H3. The molecule has 0 fully saturated rings. The smallest absolute Gasteiger partial charge is 0.0697 e. The summed E-state index contributed by atoms with van der Waals surface area (Å²) in [5, 5.41) is 8.39. The van der Waals surface area contributed by atoms with Crippen LogP contribution in [0.4, 0.5) is 0 Å². The average Bonchev–Trinajstić information content (AvgIpc) is 2.10. The van der Waals surface area contributed by atoms with Gasteiger partial charge in [0.25, 0.3) is 0 Å². The van der Waals surface area contributed by atoms with Crippen LogP contribution in [-0.2, 0) is 4.74 Å². The van der Waals surface area contributed by atoms with Crippen molar-refractivity contribution < 1.29 is 9.84 Å². The SMILES string of the molecule is CC=CC=CCCCOCCO. The summed E-state index contributed by atoms with van der Waals surface area (Å²) in [5.74, 6) is 0. The number of aliphatic hydroxyl groups is 1. The lowest BCUT2D eigenvalue weighted by Gasteiger charge is -1.98. The molecule has 0 aromatic heterocycles. The lowest BCUT2D eigenvalue weighted by molar-refractivity contribution is 0.0912. The topological polar surface area (TPSA) is 29.5 Å². The van der Waals surface area contributed by atoms with Gasteiger partial charge in [-0.15, -0.1) is 0 Å². The first-order valence-corrected chi connectivity index (χ1v) is 4.38. The summed E-state index contributed by atoms with van der Waals surface area (Å²) in [7, 11) is 0. The van der Waals surface area contributed by atoms with Gasteiger partial charge in [-0.3, -0.25) is 0 Å². The second-order valence-electron chi connectivity index (χ2n) is 2.43. The van der Waals surface area contributed by atoms with Gasteiger partial charge < -0.3 is 9.84 Å². The van der Waals surface area contributed by atoms with Gasteiger partial charge in [-0.05, 0) is 19.8 Å². The van der Waals surface area contributed by atoms with Crippen molar-refractivity contribution in [2.75, 3.05) is 19.8 Å². The third-order valence-electron chi connectivity index (χ3n) is 1.33. The van der Waals surface area contributed by atoms with Gasteiger partial charge in [0.2, 0.25) is 0 Å². The van der Waals surface area contributed by atoms with Crippen molar-refractivity contribution in [1.82, 2.24) is 0 Å². The number of unbranched alkanes of at least 4 members (excludes halogenated alkanes) is 1. The van der Waals surface area contributed by atoms with Crippen LogP contribution >= 0.6 is 0 Å². The number of aliphatic hydroxyl groups excluding tert-OH is 1. The van der Waals surface area contributed by atoms with Crippen LogP contribution in [0.1, 0.15) is 19.8 Å². The molecular weight excluding hydrogens is 152 g/mol. The summed E-state index contributed by atoms with van der Waals surface area (Å²) in [4.78, 5) is 0. The maximum absolute atomic E-state index is 8.39. The van der Waals surface area contributed by atoms with Crippen LogP contribution in [0.2, 0.25) is 0 Å². The Bertz CT molecular complexity index is 128. The highest BCUT2D eigenvalue weighted by Gasteiger charge is 1.84. The Morgan fingerprint density at radius 1 is 1.25 bits per heavy atom. The molecule has 0 amide bonds. The molecule has 0 unspecified atom stereocenters. The monoisotopic (exact) mass is 170 g/mol. The minimum absolute atomic E-state index is 0.119. The third kappa shape index (κ3) is 9.40.